The molecule has 1 aliphatic carbocycles. The van der Waals surface area contributed by atoms with Gasteiger partial charge < -0.3 is 11.1 Å². The summed E-state index contributed by atoms with van der Waals surface area (Å²) in [5.41, 5.74) is 8.36. The first-order valence-corrected chi connectivity index (χ1v) is 6.80. The van der Waals surface area contributed by atoms with E-state index < -0.39 is 0 Å². The first-order chi connectivity index (χ1) is 8.70. The fraction of sp³-hybridized carbons (Fsp3) is 0.533. The molecule has 0 aliphatic heterocycles. The summed E-state index contributed by atoms with van der Waals surface area (Å²) in [7, 11) is 0. The minimum Gasteiger partial charge on any atom is -0.352 e. The van der Waals surface area contributed by atoms with Crippen molar-refractivity contribution in [3.8, 4) is 0 Å². The normalized spacial score (nSPS) is 21.8. The third-order valence-corrected chi connectivity index (χ3v) is 3.80. The Kier molecular flexibility index (Phi) is 6.32. The molecule has 2 atom stereocenters. The molecule has 0 spiro atoms. The summed E-state index contributed by atoms with van der Waals surface area (Å²) in [6.07, 6.45) is 3.74. The van der Waals surface area contributed by atoms with Gasteiger partial charge in [-0.2, -0.15) is 0 Å². The van der Waals surface area contributed by atoms with Crippen LogP contribution in [0.3, 0.4) is 0 Å². The number of hydrogen-bond acceptors (Lipinski definition) is 2. The number of carbonyl (C=O) groups is 1. The number of carbonyl (C=O) groups excluding carboxylic acids is 1. The molecule has 0 aromatic heterocycles. The quantitative estimate of drug-likeness (QED) is 0.891. The van der Waals surface area contributed by atoms with E-state index in [1.165, 1.54) is 11.1 Å². The number of amides is 1. The van der Waals surface area contributed by atoms with Gasteiger partial charge in [0.05, 0.1) is 0 Å². The highest BCUT2D eigenvalue weighted by Crippen LogP contribution is 2.24. The minimum absolute atomic E-state index is 0. The zero-order chi connectivity index (χ0) is 13.0. The lowest BCUT2D eigenvalue weighted by atomic mass is 10.0. The molecule has 4 heteroatoms. The molecular formula is C15H23ClN2O. The number of rotatable bonds is 4. The van der Waals surface area contributed by atoms with E-state index in [1.54, 1.807) is 0 Å². The average Bonchev–Trinajstić information content (AvgIpc) is 2.83. The molecule has 19 heavy (non-hydrogen) atoms. The Morgan fingerprint density at radius 1 is 1.32 bits per heavy atom. The minimum atomic E-state index is 0. The molecule has 3 nitrogen and oxygen atoms in total. The Morgan fingerprint density at radius 3 is 2.58 bits per heavy atom. The molecule has 1 amide bonds. The third-order valence-electron chi connectivity index (χ3n) is 3.80. The second kappa shape index (κ2) is 7.51. The van der Waals surface area contributed by atoms with Gasteiger partial charge in [-0.1, -0.05) is 31.2 Å². The van der Waals surface area contributed by atoms with Crippen LogP contribution >= 0.6 is 12.4 Å². The van der Waals surface area contributed by atoms with Crippen molar-refractivity contribution >= 4 is 18.3 Å². The molecule has 3 N–H and O–H groups in total. The van der Waals surface area contributed by atoms with Gasteiger partial charge in [-0.3, -0.25) is 4.79 Å². The third kappa shape index (κ3) is 4.22. The fourth-order valence-corrected chi connectivity index (χ4v) is 2.66. The van der Waals surface area contributed by atoms with Gasteiger partial charge in [0, 0.05) is 18.5 Å². The number of nitrogens with two attached hydrogens (primary N) is 1. The summed E-state index contributed by atoms with van der Waals surface area (Å²) in [6, 6.07) is 8.47. The Morgan fingerprint density at radius 2 is 2.00 bits per heavy atom. The second-order valence-corrected chi connectivity index (χ2v) is 5.11. The summed E-state index contributed by atoms with van der Waals surface area (Å²) in [5, 5.41) is 3.04. The van der Waals surface area contributed by atoms with Crippen LogP contribution in [-0.4, -0.2) is 11.9 Å². The molecule has 2 rings (SSSR count). The zero-order valence-electron chi connectivity index (χ0n) is 11.4. The highest BCUT2D eigenvalue weighted by atomic mass is 35.5. The van der Waals surface area contributed by atoms with Gasteiger partial charge in [-0.05, 0) is 36.8 Å². The summed E-state index contributed by atoms with van der Waals surface area (Å²) < 4.78 is 0. The molecule has 106 valence electrons. The maximum atomic E-state index is 12.0. The van der Waals surface area contributed by atoms with Crippen molar-refractivity contribution in [1.82, 2.24) is 5.32 Å². The summed E-state index contributed by atoms with van der Waals surface area (Å²) in [4.78, 5) is 12.0. The van der Waals surface area contributed by atoms with Crippen LogP contribution in [-0.2, 0) is 17.8 Å². The van der Waals surface area contributed by atoms with Crippen LogP contribution in [0.1, 0.15) is 37.3 Å². The number of nitrogens with one attached hydrogen (secondary N) is 1. The lowest BCUT2D eigenvalue weighted by molar-refractivity contribution is -0.125. The lowest BCUT2D eigenvalue weighted by Gasteiger charge is -2.12. The van der Waals surface area contributed by atoms with Crippen molar-refractivity contribution in [3.63, 3.8) is 0 Å². The predicted molar refractivity (Wildman–Crippen MR) is 80.2 cm³/mol. The summed E-state index contributed by atoms with van der Waals surface area (Å²) in [6.45, 7) is 2.77. The van der Waals surface area contributed by atoms with E-state index in [-0.39, 0.29) is 30.3 Å². The van der Waals surface area contributed by atoms with Crippen LogP contribution in [0, 0.1) is 5.92 Å². The van der Waals surface area contributed by atoms with Crippen LogP contribution in [0.4, 0.5) is 0 Å². The highest BCUT2D eigenvalue weighted by molar-refractivity contribution is 5.85. The molecule has 0 bridgehead atoms. The second-order valence-electron chi connectivity index (χ2n) is 5.11. The van der Waals surface area contributed by atoms with Crippen LogP contribution in [0.2, 0.25) is 0 Å². The maximum Gasteiger partial charge on any atom is 0.223 e. The van der Waals surface area contributed by atoms with Crippen LogP contribution in [0.5, 0.6) is 0 Å². The topological polar surface area (TPSA) is 55.1 Å². The first-order valence-electron chi connectivity index (χ1n) is 6.80. The highest BCUT2D eigenvalue weighted by Gasteiger charge is 2.27. The smallest absolute Gasteiger partial charge is 0.223 e. The molecule has 1 aromatic carbocycles. The molecule has 0 radical (unpaired) electrons. The monoisotopic (exact) mass is 282 g/mol. The van der Waals surface area contributed by atoms with E-state index in [4.69, 9.17) is 5.73 Å². The van der Waals surface area contributed by atoms with Crippen LogP contribution < -0.4 is 11.1 Å². The van der Waals surface area contributed by atoms with Crippen molar-refractivity contribution in [3.05, 3.63) is 35.4 Å². The fourth-order valence-electron chi connectivity index (χ4n) is 2.66. The summed E-state index contributed by atoms with van der Waals surface area (Å²) >= 11 is 0. The van der Waals surface area contributed by atoms with Crippen LogP contribution in [0.15, 0.2) is 24.3 Å². The average molecular weight is 283 g/mol. The molecule has 1 fully saturated rings. The number of aryl methyl sites for hydroxylation is 1. The Hall–Kier alpha value is -1.06. The molecule has 1 saturated carbocycles. The van der Waals surface area contributed by atoms with Gasteiger partial charge in [-0.15, -0.1) is 12.4 Å². The van der Waals surface area contributed by atoms with Gasteiger partial charge in [-0.25, -0.2) is 0 Å². The number of hydrogen-bond donors (Lipinski definition) is 2. The summed E-state index contributed by atoms with van der Waals surface area (Å²) in [5.74, 6) is 0.280. The largest absolute Gasteiger partial charge is 0.352 e. The SMILES string of the molecule is CCc1ccccc1CNC(=O)C1CCC(N)C1.Cl. The van der Waals surface area contributed by atoms with E-state index in [2.05, 4.69) is 24.4 Å². The Balaban J connectivity index is 0.00000180. The van der Waals surface area contributed by atoms with Gasteiger partial charge in [0.15, 0.2) is 0 Å². The standard InChI is InChI=1S/C15H22N2O.ClH/c1-2-11-5-3-4-6-13(11)10-17-15(18)12-7-8-14(16)9-12;/h3-6,12,14H,2,7-10,16H2,1H3,(H,17,18);1H. The maximum absolute atomic E-state index is 12.0. The van der Waals surface area contributed by atoms with Crippen molar-refractivity contribution in [2.75, 3.05) is 0 Å². The van der Waals surface area contributed by atoms with E-state index in [1.807, 2.05) is 12.1 Å². The molecule has 0 heterocycles. The lowest BCUT2D eigenvalue weighted by Crippen LogP contribution is -2.30. The zero-order valence-corrected chi connectivity index (χ0v) is 12.2. The molecule has 1 aliphatic rings. The van der Waals surface area contributed by atoms with Gasteiger partial charge in [0.25, 0.3) is 0 Å². The Bertz CT molecular complexity index is 422. The molecule has 1 aromatic rings. The number of halogens is 1. The van der Waals surface area contributed by atoms with Gasteiger partial charge in [0.1, 0.15) is 0 Å². The molecule has 2 unspecified atom stereocenters. The van der Waals surface area contributed by atoms with Gasteiger partial charge in [0.2, 0.25) is 5.91 Å². The van der Waals surface area contributed by atoms with E-state index >= 15 is 0 Å². The Labute approximate surface area is 121 Å². The van der Waals surface area contributed by atoms with Crippen molar-refractivity contribution in [2.24, 2.45) is 11.7 Å². The van der Waals surface area contributed by atoms with Crippen molar-refractivity contribution in [1.29, 1.82) is 0 Å². The van der Waals surface area contributed by atoms with E-state index in [0.29, 0.717) is 6.54 Å². The molecular weight excluding hydrogens is 260 g/mol. The van der Waals surface area contributed by atoms with E-state index in [9.17, 15) is 4.79 Å². The first kappa shape index (κ1) is 16.0. The number of benzene rings is 1. The van der Waals surface area contributed by atoms with Crippen molar-refractivity contribution in [2.45, 2.75) is 45.2 Å². The molecule has 0 saturated heterocycles. The van der Waals surface area contributed by atoms with Crippen LogP contribution in [0.25, 0.3) is 0 Å². The van der Waals surface area contributed by atoms with E-state index in [0.717, 1.165) is 25.7 Å². The van der Waals surface area contributed by atoms with Gasteiger partial charge >= 0.3 is 0 Å². The predicted octanol–water partition coefficient (Wildman–Crippen LogP) is 2.41. The van der Waals surface area contributed by atoms with Crippen molar-refractivity contribution < 1.29 is 4.79 Å².